The topological polar surface area (TPSA) is 67.3 Å². The van der Waals surface area contributed by atoms with Gasteiger partial charge in [0.25, 0.3) is 0 Å². The van der Waals surface area contributed by atoms with Gasteiger partial charge in [-0.2, -0.15) is 63.2 Å². The van der Waals surface area contributed by atoms with E-state index in [0.29, 0.717) is 105 Å². The lowest BCUT2D eigenvalue weighted by molar-refractivity contribution is -0.144. The van der Waals surface area contributed by atoms with Crippen molar-refractivity contribution in [3.63, 3.8) is 0 Å². The van der Waals surface area contributed by atoms with Gasteiger partial charge in [0.2, 0.25) is 0 Å². The van der Waals surface area contributed by atoms with Crippen molar-refractivity contribution in [2.75, 3.05) is 0 Å². The largest absolute Gasteiger partial charge is 0.417 e. The molecular formula is C114H80F12N6. The molecule has 0 bridgehead atoms. The van der Waals surface area contributed by atoms with Gasteiger partial charge in [0.05, 0.1) is 112 Å². The summed E-state index contributed by atoms with van der Waals surface area (Å²) in [5.41, 5.74) is 15.5. The Bertz CT molecular complexity index is 8400. The zero-order valence-corrected chi connectivity index (χ0v) is 73.4. The maximum atomic E-state index is 16.6. The Morgan fingerprint density at radius 1 is 0.242 bits per heavy atom. The standard InChI is InChI=1S/C114H80F12N6/c1-60-39-64(5)104(65(6)40-60)74-29-37-95-88(52-74)83-22-14-17-25-94(83)129(95)100-47-71(58-127)48-101(109(100)86-35-31-79(111(115,116)117)56-90(86)113(121,122)123)130-96-38-30-75(105-66(7)41-61(2)42-67(105)8)53-89(96)108-73(19-18-26-97(108)130)51-78-46-63(4)45-70(11)107(78)77-28-34-85-82-21-13-16-24-93(82)132(99(85)55-77)103-50-72(59-128)49-102(110(103)87-36-32-80(112(118,119)120)57-91(87)114(124,125)126)131-92-23-15-12-20-81(92)84-33-27-76(54-98(84)131)106-68(9)43-62(3)44-69(106)10/h12-50,52-57H,51H2,1-11H3. The molecule has 0 saturated carbocycles. The molecule has 0 amide bonds. The molecule has 18 heteroatoms. The lowest BCUT2D eigenvalue weighted by Gasteiger charge is -2.24. The Morgan fingerprint density at radius 3 is 0.947 bits per heavy atom. The average Bonchev–Trinajstić information content (AvgIpc) is 1.55. The maximum absolute atomic E-state index is 16.6. The molecule has 0 aliphatic rings. The van der Waals surface area contributed by atoms with Crippen molar-refractivity contribution in [1.82, 2.24) is 18.3 Å². The van der Waals surface area contributed by atoms with Crippen LogP contribution in [-0.4, -0.2) is 18.3 Å². The summed E-state index contributed by atoms with van der Waals surface area (Å²) in [6.07, 6.45) is -21.1. The predicted molar refractivity (Wildman–Crippen MR) is 507 cm³/mol. The van der Waals surface area contributed by atoms with Crippen LogP contribution in [0.25, 0.3) is 177 Å². The first-order chi connectivity index (χ1) is 62.9. The molecular weight excluding hydrogens is 1680 g/mol. The molecule has 0 aliphatic carbocycles. The minimum atomic E-state index is -5.40. The smallest absolute Gasteiger partial charge is 0.308 e. The first kappa shape index (κ1) is 85.0. The van der Waals surface area contributed by atoms with Crippen molar-refractivity contribution in [2.24, 2.45) is 0 Å². The van der Waals surface area contributed by atoms with Crippen molar-refractivity contribution in [2.45, 2.75) is 107 Å². The number of para-hydroxylation sites is 3. The molecule has 6 nitrogen and oxygen atoms in total. The third-order valence-electron chi connectivity index (χ3n) is 26.3. The average molecular weight is 1760 g/mol. The monoisotopic (exact) mass is 1760 g/mol. The van der Waals surface area contributed by atoms with E-state index in [4.69, 9.17) is 0 Å². The third kappa shape index (κ3) is 14.0. The fourth-order valence-corrected chi connectivity index (χ4v) is 21.5. The van der Waals surface area contributed by atoms with E-state index in [1.807, 2.05) is 231 Å². The summed E-state index contributed by atoms with van der Waals surface area (Å²) in [6.45, 7) is 22.1. The van der Waals surface area contributed by atoms with Gasteiger partial charge >= 0.3 is 24.7 Å². The molecule has 4 aromatic heterocycles. The van der Waals surface area contributed by atoms with E-state index in [9.17, 15) is 10.5 Å². The molecule has 0 unspecified atom stereocenters. The molecule has 0 spiro atoms. The van der Waals surface area contributed by atoms with Crippen LogP contribution in [-0.2, 0) is 31.1 Å². The van der Waals surface area contributed by atoms with Crippen LogP contribution >= 0.6 is 0 Å². The fraction of sp³-hybridized carbons (Fsp3) is 0.140. The van der Waals surface area contributed by atoms with E-state index in [1.165, 1.54) is 24.3 Å². The van der Waals surface area contributed by atoms with Crippen LogP contribution in [0.4, 0.5) is 52.7 Å². The maximum Gasteiger partial charge on any atom is 0.417 e. The zero-order chi connectivity index (χ0) is 92.7. The van der Waals surface area contributed by atoms with Crippen LogP contribution in [0.5, 0.6) is 0 Å². The highest BCUT2D eigenvalue weighted by Crippen LogP contribution is 2.54. The molecule has 132 heavy (non-hydrogen) atoms. The molecule has 0 aliphatic heterocycles. The Hall–Kier alpha value is -15.1. The van der Waals surface area contributed by atoms with Gasteiger partial charge in [-0.1, -0.05) is 186 Å². The van der Waals surface area contributed by atoms with Crippen LogP contribution < -0.4 is 0 Å². The summed E-state index contributed by atoms with van der Waals surface area (Å²) < 4.78 is 198. The Morgan fingerprint density at radius 2 is 0.553 bits per heavy atom. The summed E-state index contributed by atoms with van der Waals surface area (Å²) in [4.78, 5) is 0. The highest BCUT2D eigenvalue weighted by Gasteiger charge is 2.43. The van der Waals surface area contributed by atoms with Crippen LogP contribution in [0.3, 0.4) is 0 Å². The number of fused-ring (bicyclic) bond motifs is 12. The molecule has 650 valence electrons. The molecule has 20 aromatic rings. The van der Waals surface area contributed by atoms with E-state index in [-0.39, 0.29) is 63.6 Å². The Kier molecular flexibility index (Phi) is 20.0. The normalized spacial score (nSPS) is 12.4. The van der Waals surface area contributed by atoms with Crippen LogP contribution in [0.1, 0.15) is 106 Å². The number of alkyl halides is 12. The predicted octanol–water partition coefficient (Wildman–Crippen LogP) is 32.9. The molecule has 16 aromatic carbocycles. The summed E-state index contributed by atoms with van der Waals surface area (Å²) in [5, 5.41) is 28.5. The van der Waals surface area contributed by atoms with Gasteiger partial charge in [-0.05, 0) is 297 Å². The van der Waals surface area contributed by atoms with Gasteiger partial charge in [-0.15, -0.1) is 0 Å². The van der Waals surface area contributed by atoms with Crippen molar-refractivity contribution >= 4 is 87.2 Å². The SMILES string of the molecule is Cc1cc(C)c(-c2ccc3c(c2)c2ccccc2n3-c2cc(C#N)cc(-n3c4ccc(-c5c(C)cc(C)cc5C)cc4c4c(Cc5cc(C)cc(C)c5-c5ccc6c7ccccc7n(-c7cc(C#N)cc(-n8c9ccccc9c9ccc(-c%10c(C)cc(C)cc%10C)cc98)c7-c7ccc(C(F)(F)F)cc7C(F)(F)F)c6c5)cccc43)c2-c2ccc(C(F)(F)F)cc2C(F)(F)F)c(C)c1. The van der Waals surface area contributed by atoms with E-state index in [2.05, 4.69) is 60.7 Å². The van der Waals surface area contributed by atoms with Gasteiger partial charge in [-0.25, -0.2) is 0 Å². The molecule has 0 radical (unpaired) electrons. The zero-order valence-electron chi connectivity index (χ0n) is 73.4. The number of halogens is 12. The number of rotatable bonds is 12. The van der Waals surface area contributed by atoms with Crippen molar-refractivity contribution in [3.05, 3.63) is 379 Å². The van der Waals surface area contributed by atoms with E-state index < -0.39 is 58.1 Å². The van der Waals surface area contributed by atoms with Crippen molar-refractivity contribution < 1.29 is 52.7 Å². The first-order valence-electron chi connectivity index (χ1n) is 43.2. The third-order valence-corrected chi connectivity index (χ3v) is 26.3. The quantitative estimate of drug-likeness (QED) is 0.114. The molecule has 0 fully saturated rings. The molecule has 0 atom stereocenters. The van der Waals surface area contributed by atoms with Crippen molar-refractivity contribution in [3.8, 4) is 102 Å². The van der Waals surface area contributed by atoms with E-state index >= 15 is 52.7 Å². The van der Waals surface area contributed by atoms with Crippen LogP contribution in [0.2, 0.25) is 0 Å². The number of aryl methyl sites for hydroxylation is 11. The number of aromatic nitrogens is 4. The van der Waals surface area contributed by atoms with Crippen LogP contribution in [0, 0.1) is 98.8 Å². The van der Waals surface area contributed by atoms with Crippen molar-refractivity contribution in [1.29, 1.82) is 10.5 Å². The second-order valence-corrected chi connectivity index (χ2v) is 35.3. The highest BCUT2D eigenvalue weighted by atomic mass is 19.4. The minimum absolute atomic E-state index is 0.0169. The fourth-order valence-electron chi connectivity index (χ4n) is 21.5. The van der Waals surface area contributed by atoms with Gasteiger partial charge < -0.3 is 18.3 Å². The Balaban J connectivity index is 0.849. The summed E-state index contributed by atoms with van der Waals surface area (Å²) >= 11 is 0. The number of nitriles is 2. The lowest BCUT2D eigenvalue weighted by atomic mass is 9.88. The minimum Gasteiger partial charge on any atom is -0.308 e. The molecule has 4 heterocycles. The number of benzene rings is 16. The second kappa shape index (κ2) is 31.1. The highest BCUT2D eigenvalue weighted by molar-refractivity contribution is 6.17. The first-order valence-corrected chi connectivity index (χ1v) is 43.2. The van der Waals surface area contributed by atoms with Gasteiger partial charge in [0.15, 0.2) is 0 Å². The van der Waals surface area contributed by atoms with Gasteiger partial charge in [-0.3, -0.25) is 0 Å². The number of hydrogen-bond donors (Lipinski definition) is 0. The number of nitrogens with zero attached hydrogens (tertiary/aromatic N) is 6. The van der Waals surface area contributed by atoms with E-state index in [0.717, 1.165) is 123 Å². The van der Waals surface area contributed by atoms with Gasteiger partial charge in [0.1, 0.15) is 0 Å². The van der Waals surface area contributed by atoms with E-state index in [1.54, 1.807) is 27.3 Å². The summed E-state index contributed by atoms with van der Waals surface area (Å²) in [6, 6.07) is 82.0. The lowest BCUT2D eigenvalue weighted by Crippen LogP contribution is -2.14. The molecule has 0 N–H and O–H groups in total. The number of hydrogen-bond acceptors (Lipinski definition) is 2. The van der Waals surface area contributed by atoms with Crippen LogP contribution in [0.15, 0.2) is 273 Å². The van der Waals surface area contributed by atoms with Gasteiger partial charge in [0, 0.05) is 54.2 Å². The Labute approximate surface area is 752 Å². The molecule has 20 rings (SSSR count). The summed E-state index contributed by atoms with van der Waals surface area (Å²) in [5.74, 6) is 0. The second-order valence-electron chi connectivity index (χ2n) is 35.3. The summed E-state index contributed by atoms with van der Waals surface area (Å²) in [7, 11) is 0. The molecule has 0 saturated heterocycles.